The maximum Gasteiger partial charge on any atom is 0.313 e. The normalized spacial score (nSPS) is 23.3. The number of carbonyl (C=O) groups is 3. The third-order valence-electron chi connectivity index (χ3n) is 4.59. The lowest BCUT2D eigenvalue weighted by molar-refractivity contribution is -0.141. The van der Waals surface area contributed by atoms with Crippen molar-refractivity contribution < 1.29 is 19.1 Å². The topological polar surface area (TPSA) is 63.7 Å². The lowest BCUT2D eigenvalue weighted by Gasteiger charge is -2.19. The predicted octanol–water partition coefficient (Wildman–Crippen LogP) is 3.46. The zero-order chi connectivity index (χ0) is 17.3. The molecule has 7 heteroatoms. The minimum absolute atomic E-state index is 0.0433. The third-order valence-corrected chi connectivity index (χ3v) is 5.14. The van der Waals surface area contributed by atoms with Crippen LogP contribution in [0.15, 0.2) is 18.2 Å². The highest BCUT2D eigenvalue weighted by molar-refractivity contribution is 6.34. The highest BCUT2D eigenvalue weighted by Crippen LogP contribution is 2.38. The zero-order valence-electron chi connectivity index (χ0n) is 13.0. The third kappa shape index (κ3) is 3.42. The largest absolute Gasteiger partial charge is 0.425 e. The Morgan fingerprint density at radius 1 is 1.12 bits per heavy atom. The number of imide groups is 1. The van der Waals surface area contributed by atoms with Crippen molar-refractivity contribution >= 4 is 41.0 Å². The van der Waals surface area contributed by atoms with Crippen molar-refractivity contribution in [3.05, 3.63) is 28.2 Å². The van der Waals surface area contributed by atoms with E-state index in [9.17, 15) is 14.4 Å². The van der Waals surface area contributed by atoms with E-state index < -0.39 is 5.97 Å². The summed E-state index contributed by atoms with van der Waals surface area (Å²) in [5.41, 5.74) is 0. The molecule has 128 valence electrons. The molecule has 0 radical (unpaired) electrons. The van der Waals surface area contributed by atoms with Gasteiger partial charge in [0.25, 0.3) is 0 Å². The Morgan fingerprint density at radius 3 is 2.38 bits per heavy atom. The van der Waals surface area contributed by atoms with Crippen LogP contribution in [0.1, 0.15) is 32.1 Å². The Bertz CT molecular complexity index is 667. The predicted molar refractivity (Wildman–Crippen MR) is 88.9 cm³/mol. The SMILES string of the molecule is O=C(CCN1C(=O)[C@H]2CCCC[C@@H]2C1=O)Oc1cc(Cl)ccc1Cl. The molecular formula is C17H17Cl2NO4. The number of benzene rings is 1. The second-order valence-electron chi connectivity index (χ2n) is 6.12. The first-order valence-corrected chi connectivity index (χ1v) is 8.74. The van der Waals surface area contributed by atoms with Crippen molar-refractivity contribution in [2.24, 2.45) is 11.8 Å². The van der Waals surface area contributed by atoms with Crippen LogP contribution in [0.2, 0.25) is 10.0 Å². The molecule has 0 spiro atoms. The summed E-state index contributed by atoms with van der Waals surface area (Å²) >= 11 is 11.8. The number of hydrogen-bond acceptors (Lipinski definition) is 4. The fourth-order valence-electron chi connectivity index (χ4n) is 3.38. The van der Waals surface area contributed by atoms with Crippen molar-refractivity contribution in [3.8, 4) is 5.75 Å². The van der Waals surface area contributed by atoms with Crippen LogP contribution in [0.5, 0.6) is 5.75 Å². The fraction of sp³-hybridized carbons (Fsp3) is 0.471. The van der Waals surface area contributed by atoms with Crippen LogP contribution in [0.25, 0.3) is 0 Å². The number of carbonyl (C=O) groups excluding carboxylic acids is 3. The van der Waals surface area contributed by atoms with E-state index in [4.69, 9.17) is 27.9 Å². The summed E-state index contributed by atoms with van der Waals surface area (Å²) in [4.78, 5) is 37.9. The van der Waals surface area contributed by atoms with Gasteiger partial charge in [0.15, 0.2) is 5.75 Å². The second-order valence-corrected chi connectivity index (χ2v) is 6.97. The number of amides is 2. The van der Waals surface area contributed by atoms with E-state index in [1.807, 2.05) is 0 Å². The maximum absolute atomic E-state index is 12.3. The zero-order valence-corrected chi connectivity index (χ0v) is 14.5. The van der Waals surface area contributed by atoms with Gasteiger partial charge in [-0.05, 0) is 25.0 Å². The molecule has 2 amide bonds. The van der Waals surface area contributed by atoms with E-state index in [0.29, 0.717) is 5.02 Å². The molecular weight excluding hydrogens is 353 g/mol. The Hall–Kier alpha value is -1.59. The molecule has 1 saturated carbocycles. The first-order valence-electron chi connectivity index (χ1n) is 7.98. The van der Waals surface area contributed by atoms with E-state index in [0.717, 1.165) is 25.7 Å². The Morgan fingerprint density at radius 2 is 1.75 bits per heavy atom. The van der Waals surface area contributed by atoms with Crippen LogP contribution in [-0.2, 0) is 14.4 Å². The number of ether oxygens (including phenoxy) is 1. The van der Waals surface area contributed by atoms with Gasteiger partial charge < -0.3 is 4.74 Å². The Balaban J connectivity index is 1.59. The lowest BCUT2D eigenvalue weighted by atomic mass is 9.81. The number of likely N-dealkylation sites (tertiary alicyclic amines) is 1. The molecule has 2 atom stereocenters. The molecule has 5 nitrogen and oxygen atoms in total. The average molecular weight is 370 g/mol. The number of nitrogens with zero attached hydrogens (tertiary/aromatic N) is 1. The van der Waals surface area contributed by atoms with Gasteiger partial charge in [-0.15, -0.1) is 0 Å². The summed E-state index contributed by atoms with van der Waals surface area (Å²) in [6.45, 7) is 0.0433. The smallest absolute Gasteiger partial charge is 0.313 e. The monoisotopic (exact) mass is 369 g/mol. The number of fused-ring (bicyclic) bond motifs is 1. The highest BCUT2D eigenvalue weighted by atomic mass is 35.5. The van der Waals surface area contributed by atoms with Crippen LogP contribution < -0.4 is 4.74 Å². The molecule has 2 aliphatic rings. The number of rotatable bonds is 4. The van der Waals surface area contributed by atoms with Crippen LogP contribution in [0.4, 0.5) is 0 Å². The van der Waals surface area contributed by atoms with Crippen LogP contribution >= 0.6 is 23.2 Å². The van der Waals surface area contributed by atoms with E-state index in [1.165, 1.54) is 17.0 Å². The van der Waals surface area contributed by atoms with Gasteiger partial charge in [0.05, 0.1) is 23.3 Å². The first-order chi connectivity index (χ1) is 11.5. The minimum Gasteiger partial charge on any atom is -0.425 e. The van der Waals surface area contributed by atoms with Crippen molar-refractivity contribution in [3.63, 3.8) is 0 Å². The van der Waals surface area contributed by atoms with Crippen molar-refractivity contribution in [2.45, 2.75) is 32.1 Å². The van der Waals surface area contributed by atoms with Crippen LogP contribution in [0, 0.1) is 11.8 Å². The van der Waals surface area contributed by atoms with Gasteiger partial charge in [-0.3, -0.25) is 19.3 Å². The van der Waals surface area contributed by atoms with E-state index in [1.54, 1.807) is 6.07 Å². The van der Waals surface area contributed by atoms with Gasteiger partial charge in [-0.1, -0.05) is 36.0 Å². The van der Waals surface area contributed by atoms with E-state index >= 15 is 0 Å². The molecule has 1 saturated heterocycles. The molecule has 0 unspecified atom stereocenters. The van der Waals surface area contributed by atoms with Crippen molar-refractivity contribution in [2.75, 3.05) is 6.54 Å². The number of halogens is 2. The van der Waals surface area contributed by atoms with Crippen LogP contribution in [0.3, 0.4) is 0 Å². The van der Waals surface area contributed by atoms with Gasteiger partial charge in [-0.2, -0.15) is 0 Å². The molecule has 1 aromatic carbocycles. The van der Waals surface area contributed by atoms with Crippen molar-refractivity contribution in [1.29, 1.82) is 0 Å². The average Bonchev–Trinajstić information content (AvgIpc) is 2.81. The molecule has 1 aromatic rings. The summed E-state index contributed by atoms with van der Waals surface area (Å²) in [6.07, 6.45) is 3.40. The Kier molecular flexibility index (Phi) is 5.11. The van der Waals surface area contributed by atoms with Crippen molar-refractivity contribution in [1.82, 2.24) is 4.90 Å². The van der Waals surface area contributed by atoms with Gasteiger partial charge in [0, 0.05) is 17.6 Å². The molecule has 2 fully saturated rings. The second kappa shape index (κ2) is 7.11. The quantitative estimate of drug-likeness (QED) is 0.463. The summed E-state index contributed by atoms with van der Waals surface area (Å²) in [5, 5.41) is 0.670. The standard InChI is InChI=1S/C17H17Cl2NO4/c18-10-5-6-13(19)14(9-10)24-15(21)7-8-20-16(22)11-3-1-2-4-12(11)17(20)23/h5-6,9,11-12H,1-4,7-8H2/t11-,12-/m0/s1. The number of hydrogen-bond donors (Lipinski definition) is 0. The highest BCUT2D eigenvalue weighted by Gasteiger charge is 2.47. The summed E-state index contributed by atoms with van der Waals surface area (Å²) in [6, 6.07) is 4.57. The summed E-state index contributed by atoms with van der Waals surface area (Å²) < 4.78 is 5.17. The molecule has 0 bridgehead atoms. The van der Waals surface area contributed by atoms with Gasteiger partial charge in [0.1, 0.15) is 0 Å². The first kappa shape index (κ1) is 17.2. The maximum atomic E-state index is 12.3. The molecule has 0 N–H and O–H groups in total. The van der Waals surface area contributed by atoms with E-state index in [-0.39, 0.29) is 47.4 Å². The summed E-state index contributed by atoms with van der Waals surface area (Å²) in [7, 11) is 0. The molecule has 1 aliphatic carbocycles. The van der Waals surface area contributed by atoms with Gasteiger partial charge in [-0.25, -0.2) is 0 Å². The summed E-state index contributed by atoms with van der Waals surface area (Å²) in [5.74, 6) is -1.11. The molecule has 1 aliphatic heterocycles. The molecule has 0 aromatic heterocycles. The molecule has 3 rings (SSSR count). The lowest BCUT2D eigenvalue weighted by Crippen LogP contribution is -2.33. The molecule has 24 heavy (non-hydrogen) atoms. The number of esters is 1. The van der Waals surface area contributed by atoms with E-state index in [2.05, 4.69) is 0 Å². The minimum atomic E-state index is -0.561. The Labute approximate surface area is 149 Å². The van der Waals surface area contributed by atoms with Gasteiger partial charge in [0.2, 0.25) is 11.8 Å². The molecule has 1 heterocycles. The van der Waals surface area contributed by atoms with Gasteiger partial charge >= 0.3 is 5.97 Å². The van der Waals surface area contributed by atoms with Crippen LogP contribution in [-0.4, -0.2) is 29.2 Å². The fourth-order valence-corrected chi connectivity index (χ4v) is 3.70.